The highest BCUT2D eigenvalue weighted by molar-refractivity contribution is 5.97. The summed E-state index contributed by atoms with van der Waals surface area (Å²) in [5.74, 6) is -0.555. The van der Waals surface area contributed by atoms with Crippen LogP contribution in [0.25, 0.3) is 21.9 Å². The maximum Gasteiger partial charge on any atom is 0.340 e. The Bertz CT molecular complexity index is 1360. The number of furan rings is 1. The fraction of sp³-hybridized carbons (Fsp3) is 0.308. The summed E-state index contributed by atoms with van der Waals surface area (Å²) in [6, 6.07) is 9.87. The Morgan fingerprint density at radius 1 is 1.06 bits per heavy atom. The van der Waals surface area contributed by atoms with Gasteiger partial charge in [-0.15, -0.1) is 0 Å². The Labute approximate surface area is 185 Å². The molecule has 166 valence electrons. The van der Waals surface area contributed by atoms with E-state index in [1.54, 1.807) is 24.5 Å². The van der Waals surface area contributed by atoms with Gasteiger partial charge in [-0.05, 0) is 48.1 Å². The third-order valence-electron chi connectivity index (χ3n) is 5.78. The van der Waals surface area contributed by atoms with Gasteiger partial charge in [-0.3, -0.25) is 4.79 Å². The van der Waals surface area contributed by atoms with Crippen LogP contribution < -0.4 is 10.9 Å². The van der Waals surface area contributed by atoms with Crippen LogP contribution in [0.5, 0.6) is 0 Å². The summed E-state index contributed by atoms with van der Waals surface area (Å²) in [7, 11) is 0. The number of carbonyl (C=O) groups excluding carboxylic acids is 1. The lowest BCUT2D eigenvalue weighted by molar-refractivity contribution is -0.120. The molecule has 0 aliphatic carbocycles. The molecule has 1 N–H and O–H groups in total. The predicted molar refractivity (Wildman–Crippen MR) is 123 cm³/mol. The van der Waals surface area contributed by atoms with Crippen molar-refractivity contribution in [2.75, 3.05) is 6.54 Å². The second-order valence-electron chi connectivity index (χ2n) is 9.14. The van der Waals surface area contributed by atoms with Gasteiger partial charge in [-0.2, -0.15) is 0 Å². The van der Waals surface area contributed by atoms with Crippen molar-refractivity contribution in [2.24, 2.45) is 0 Å². The highest BCUT2D eigenvalue weighted by Crippen LogP contribution is 2.35. The summed E-state index contributed by atoms with van der Waals surface area (Å²) in [5, 5.41) is 4.58. The topological polar surface area (TPSA) is 72.5 Å². The van der Waals surface area contributed by atoms with Gasteiger partial charge in [0.25, 0.3) is 0 Å². The molecule has 0 aliphatic rings. The van der Waals surface area contributed by atoms with E-state index in [2.05, 4.69) is 26.1 Å². The number of nitrogens with one attached hydrogen (secondary N) is 1. The fourth-order valence-corrected chi connectivity index (χ4v) is 3.92. The molecule has 0 aliphatic heterocycles. The normalized spacial score (nSPS) is 11.9. The Kier molecular flexibility index (Phi) is 5.63. The molecular weight excluding hydrogens is 409 g/mol. The molecule has 0 atom stereocenters. The standard InChI is InChI=1S/C26H26FNO4/c1-15-18-11-20-21(26(2,3)4)14-31-22(20)13-23(18)32-25(30)19(15)12-24(29)28-10-9-16-5-7-17(27)8-6-16/h5-8,11,13-14H,9-10,12H2,1-4H3,(H,28,29). The molecule has 6 heteroatoms. The molecule has 5 nitrogen and oxygen atoms in total. The van der Waals surface area contributed by atoms with Crippen molar-refractivity contribution in [2.45, 2.75) is 46.0 Å². The molecule has 0 bridgehead atoms. The first kappa shape index (κ1) is 21.8. The van der Waals surface area contributed by atoms with Crippen molar-refractivity contribution < 1.29 is 18.0 Å². The summed E-state index contributed by atoms with van der Waals surface area (Å²) in [5.41, 5.74) is 3.55. The average molecular weight is 435 g/mol. The molecule has 0 saturated carbocycles. The monoisotopic (exact) mass is 435 g/mol. The van der Waals surface area contributed by atoms with Crippen LogP contribution in [0.3, 0.4) is 0 Å². The van der Waals surface area contributed by atoms with Crippen molar-refractivity contribution in [3.63, 3.8) is 0 Å². The van der Waals surface area contributed by atoms with Gasteiger partial charge >= 0.3 is 5.63 Å². The first-order valence-electron chi connectivity index (χ1n) is 10.6. The van der Waals surface area contributed by atoms with E-state index in [1.807, 2.05) is 13.0 Å². The van der Waals surface area contributed by atoms with Crippen molar-refractivity contribution in [1.29, 1.82) is 0 Å². The molecule has 0 saturated heterocycles. The molecule has 2 aromatic carbocycles. The predicted octanol–water partition coefficient (Wildman–Crippen LogP) is 5.19. The molecule has 0 fully saturated rings. The minimum absolute atomic E-state index is 0.0664. The molecule has 32 heavy (non-hydrogen) atoms. The van der Waals surface area contributed by atoms with Crippen molar-refractivity contribution in [1.82, 2.24) is 5.32 Å². The number of rotatable bonds is 5. The minimum atomic E-state index is -0.523. The minimum Gasteiger partial charge on any atom is -0.464 e. The zero-order valence-corrected chi connectivity index (χ0v) is 18.7. The molecule has 2 aromatic heterocycles. The molecule has 2 heterocycles. The Balaban J connectivity index is 1.57. The number of hydrogen-bond donors (Lipinski definition) is 1. The van der Waals surface area contributed by atoms with Crippen LogP contribution in [0.4, 0.5) is 4.39 Å². The van der Waals surface area contributed by atoms with E-state index in [4.69, 9.17) is 8.83 Å². The third-order valence-corrected chi connectivity index (χ3v) is 5.78. The van der Waals surface area contributed by atoms with Gasteiger partial charge in [0.1, 0.15) is 17.0 Å². The zero-order valence-electron chi connectivity index (χ0n) is 18.7. The van der Waals surface area contributed by atoms with E-state index in [0.29, 0.717) is 29.7 Å². The van der Waals surface area contributed by atoms with Crippen LogP contribution in [0.15, 0.2) is 56.3 Å². The van der Waals surface area contributed by atoms with E-state index >= 15 is 0 Å². The Hall–Kier alpha value is -3.41. The molecule has 0 spiro atoms. The van der Waals surface area contributed by atoms with Gasteiger partial charge in [0.05, 0.1) is 18.2 Å². The first-order valence-corrected chi connectivity index (χ1v) is 10.6. The first-order chi connectivity index (χ1) is 15.1. The number of fused-ring (bicyclic) bond motifs is 2. The molecule has 4 aromatic rings. The van der Waals surface area contributed by atoms with E-state index in [9.17, 15) is 14.0 Å². The third kappa shape index (κ3) is 4.31. The fourth-order valence-electron chi connectivity index (χ4n) is 3.92. The van der Waals surface area contributed by atoms with Crippen LogP contribution in [-0.4, -0.2) is 12.5 Å². The zero-order chi connectivity index (χ0) is 23.0. The van der Waals surface area contributed by atoms with Gasteiger partial charge in [0, 0.05) is 28.9 Å². The Morgan fingerprint density at radius 2 is 1.78 bits per heavy atom. The van der Waals surface area contributed by atoms with Gasteiger partial charge in [-0.1, -0.05) is 32.9 Å². The second kappa shape index (κ2) is 8.26. The van der Waals surface area contributed by atoms with Crippen molar-refractivity contribution in [3.8, 4) is 0 Å². The summed E-state index contributed by atoms with van der Waals surface area (Å²) in [6.45, 7) is 8.57. The quantitative estimate of drug-likeness (QED) is 0.438. The number of carbonyl (C=O) groups is 1. The van der Waals surface area contributed by atoms with Crippen LogP contribution in [0.2, 0.25) is 0 Å². The van der Waals surface area contributed by atoms with Crippen LogP contribution >= 0.6 is 0 Å². The number of halogens is 1. The summed E-state index contributed by atoms with van der Waals surface area (Å²) >= 11 is 0. The highest BCUT2D eigenvalue weighted by Gasteiger charge is 2.22. The maximum absolute atomic E-state index is 13.0. The number of hydrogen-bond acceptors (Lipinski definition) is 4. The highest BCUT2D eigenvalue weighted by atomic mass is 19.1. The molecule has 0 radical (unpaired) electrons. The van der Waals surface area contributed by atoms with Crippen LogP contribution in [-0.2, 0) is 23.1 Å². The number of aryl methyl sites for hydroxylation is 1. The van der Waals surface area contributed by atoms with E-state index in [-0.39, 0.29) is 23.6 Å². The van der Waals surface area contributed by atoms with Crippen molar-refractivity contribution in [3.05, 3.63) is 81.2 Å². The van der Waals surface area contributed by atoms with E-state index in [0.717, 1.165) is 27.5 Å². The lowest BCUT2D eigenvalue weighted by Gasteiger charge is -2.16. The van der Waals surface area contributed by atoms with Crippen molar-refractivity contribution >= 4 is 27.8 Å². The number of benzene rings is 2. The van der Waals surface area contributed by atoms with Gasteiger partial charge in [0.15, 0.2) is 0 Å². The van der Waals surface area contributed by atoms with Gasteiger partial charge < -0.3 is 14.2 Å². The average Bonchev–Trinajstić information content (AvgIpc) is 3.15. The summed E-state index contributed by atoms with van der Waals surface area (Å²) in [6.07, 6.45) is 2.25. The lowest BCUT2D eigenvalue weighted by atomic mass is 9.86. The summed E-state index contributed by atoms with van der Waals surface area (Å²) < 4.78 is 24.2. The van der Waals surface area contributed by atoms with Crippen LogP contribution in [0, 0.1) is 12.7 Å². The lowest BCUT2D eigenvalue weighted by Crippen LogP contribution is -2.29. The molecule has 0 unspecified atom stereocenters. The smallest absolute Gasteiger partial charge is 0.340 e. The molecule has 4 rings (SSSR count). The summed E-state index contributed by atoms with van der Waals surface area (Å²) in [4.78, 5) is 25.1. The maximum atomic E-state index is 13.0. The SMILES string of the molecule is Cc1c(CC(=O)NCCc2ccc(F)cc2)c(=O)oc2cc3occ(C(C)(C)C)c3cc12. The van der Waals surface area contributed by atoms with E-state index < -0.39 is 5.63 Å². The largest absolute Gasteiger partial charge is 0.464 e. The van der Waals surface area contributed by atoms with Gasteiger partial charge in [-0.25, -0.2) is 9.18 Å². The molecule has 1 amide bonds. The number of amides is 1. The van der Waals surface area contributed by atoms with Crippen LogP contribution in [0.1, 0.15) is 43.0 Å². The Morgan fingerprint density at radius 3 is 2.47 bits per heavy atom. The second-order valence-corrected chi connectivity index (χ2v) is 9.14. The molecular formula is C26H26FNO4. The van der Waals surface area contributed by atoms with E-state index in [1.165, 1.54) is 12.1 Å². The van der Waals surface area contributed by atoms with Gasteiger partial charge in [0.2, 0.25) is 5.91 Å².